The third kappa shape index (κ3) is 2.37. The van der Waals surface area contributed by atoms with Gasteiger partial charge in [0.05, 0.1) is 15.7 Å². The topological polar surface area (TPSA) is 59.8 Å². The second-order valence-corrected chi connectivity index (χ2v) is 6.29. The highest BCUT2D eigenvalue weighted by molar-refractivity contribution is 7.13. The van der Waals surface area contributed by atoms with Gasteiger partial charge in [0.1, 0.15) is 5.82 Å². The largest absolute Gasteiger partial charge is 0.331 e. The molecule has 6 heteroatoms. The maximum absolute atomic E-state index is 12.5. The van der Waals surface area contributed by atoms with Crippen molar-refractivity contribution in [3.63, 3.8) is 0 Å². The van der Waals surface area contributed by atoms with Gasteiger partial charge in [-0.15, -0.1) is 0 Å². The minimum Gasteiger partial charge on any atom is -0.331 e. The van der Waals surface area contributed by atoms with Gasteiger partial charge in [-0.1, -0.05) is 0 Å². The van der Waals surface area contributed by atoms with Crippen molar-refractivity contribution in [1.82, 2.24) is 13.9 Å². The number of fused-ring (bicyclic) bond motifs is 2. The number of imidazole rings is 1. The van der Waals surface area contributed by atoms with Crippen LogP contribution in [0.3, 0.4) is 0 Å². The van der Waals surface area contributed by atoms with Crippen molar-refractivity contribution in [1.29, 1.82) is 0 Å². The zero-order valence-electron chi connectivity index (χ0n) is 12.7. The summed E-state index contributed by atoms with van der Waals surface area (Å²) in [7, 11) is 1.97. The lowest BCUT2D eigenvalue weighted by Gasteiger charge is -2.05. The lowest BCUT2D eigenvalue weighted by Crippen LogP contribution is -2.11. The van der Waals surface area contributed by atoms with Gasteiger partial charge in [0, 0.05) is 29.9 Å². The van der Waals surface area contributed by atoms with E-state index >= 15 is 0 Å². The van der Waals surface area contributed by atoms with Crippen LogP contribution in [-0.2, 0) is 7.05 Å². The van der Waals surface area contributed by atoms with E-state index in [2.05, 4.69) is 14.7 Å². The number of aryl methyl sites for hydroxylation is 2. The van der Waals surface area contributed by atoms with Crippen molar-refractivity contribution in [2.75, 3.05) is 5.32 Å². The first kappa shape index (κ1) is 13.9. The fraction of sp³-hybridized carbons (Fsp3) is 0.118. The highest BCUT2D eigenvalue weighted by atomic mass is 32.1. The monoisotopic (exact) mass is 322 g/mol. The Morgan fingerprint density at radius 1 is 1.22 bits per heavy atom. The number of carbonyl (C=O) groups excluding carboxylic acids is 1. The van der Waals surface area contributed by atoms with Gasteiger partial charge in [0.2, 0.25) is 0 Å². The molecule has 5 nitrogen and oxygen atoms in total. The Hall–Kier alpha value is -2.73. The van der Waals surface area contributed by atoms with Gasteiger partial charge in [-0.2, -0.15) is 4.37 Å². The minimum atomic E-state index is -0.141. The van der Waals surface area contributed by atoms with Crippen LogP contribution < -0.4 is 5.32 Å². The Kier molecular flexibility index (Phi) is 3.12. The van der Waals surface area contributed by atoms with Crippen LogP contribution in [0.1, 0.15) is 16.2 Å². The van der Waals surface area contributed by atoms with Crippen LogP contribution in [-0.4, -0.2) is 19.8 Å². The number of rotatable bonds is 2. The lowest BCUT2D eigenvalue weighted by molar-refractivity contribution is 0.102. The molecular weight excluding hydrogens is 308 g/mol. The summed E-state index contributed by atoms with van der Waals surface area (Å²) in [4.78, 5) is 16.9. The van der Waals surface area contributed by atoms with Gasteiger partial charge in [0.25, 0.3) is 5.91 Å². The van der Waals surface area contributed by atoms with E-state index in [0.29, 0.717) is 5.56 Å². The highest BCUT2D eigenvalue weighted by Gasteiger charge is 2.10. The molecule has 0 saturated carbocycles. The van der Waals surface area contributed by atoms with E-state index in [-0.39, 0.29) is 5.91 Å². The Labute approximate surface area is 136 Å². The van der Waals surface area contributed by atoms with Gasteiger partial charge < -0.3 is 9.88 Å². The summed E-state index contributed by atoms with van der Waals surface area (Å²) in [6, 6.07) is 11.4. The van der Waals surface area contributed by atoms with E-state index in [9.17, 15) is 4.79 Å². The maximum atomic E-state index is 12.5. The van der Waals surface area contributed by atoms with Crippen molar-refractivity contribution in [2.45, 2.75) is 6.92 Å². The molecule has 0 unspecified atom stereocenters. The summed E-state index contributed by atoms with van der Waals surface area (Å²) in [5.74, 6) is 0.783. The molecule has 0 fully saturated rings. The molecule has 0 atom stereocenters. The summed E-state index contributed by atoms with van der Waals surface area (Å²) in [5, 5.41) is 3.96. The molecule has 1 amide bonds. The fourth-order valence-electron chi connectivity index (χ4n) is 2.61. The van der Waals surface area contributed by atoms with Crippen molar-refractivity contribution in [3.05, 3.63) is 54.0 Å². The lowest BCUT2D eigenvalue weighted by atomic mass is 10.1. The number of hydrogen-bond acceptors (Lipinski definition) is 4. The predicted octanol–water partition coefficient (Wildman–Crippen LogP) is 3.74. The van der Waals surface area contributed by atoms with E-state index in [0.717, 1.165) is 32.6 Å². The first-order chi connectivity index (χ1) is 11.1. The zero-order valence-corrected chi connectivity index (χ0v) is 13.5. The molecule has 0 aliphatic heterocycles. The van der Waals surface area contributed by atoms with E-state index < -0.39 is 0 Å². The average molecular weight is 322 g/mol. The van der Waals surface area contributed by atoms with Crippen LogP contribution in [0.5, 0.6) is 0 Å². The standard InChI is InChI=1S/C17H14N4OS/c1-10-19-14-8-11(3-5-15(14)21(10)2)17(22)20-13-4-6-16-12(7-13)9-18-23-16/h3-9H,1-2H3,(H,20,22). The second kappa shape index (κ2) is 5.17. The number of benzene rings is 2. The Bertz CT molecular complexity index is 1050. The number of aromatic nitrogens is 3. The van der Waals surface area contributed by atoms with Gasteiger partial charge in [0.15, 0.2) is 0 Å². The number of hydrogen-bond donors (Lipinski definition) is 1. The molecule has 2 heterocycles. The molecule has 0 aliphatic carbocycles. The van der Waals surface area contributed by atoms with Gasteiger partial charge >= 0.3 is 0 Å². The van der Waals surface area contributed by atoms with Crippen molar-refractivity contribution in [3.8, 4) is 0 Å². The normalized spacial score (nSPS) is 11.2. The molecule has 0 aliphatic rings. The van der Waals surface area contributed by atoms with Crippen molar-refractivity contribution in [2.24, 2.45) is 7.05 Å². The first-order valence-electron chi connectivity index (χ1n) is 7.21. The minimum absolute atomic E-state index is 0.141. The molecule has 0 bridgehead atoms. The zero-order chi connectivity index (χ0) is 16.0. The molecule has 2 aromatic carbocycles. The van der Waals surface area contributed by atoms with Gasteiger partial charge in [-0.05, 0) is 54.9 Å². The molecular formula is C17H14N4OS. The number of nitrogens with zero attached hydrogens (tertiary/aromatic N) is 3. The first-order valence-corrected chi connectivity index (χ1v) is 7.98. The van der Waals surface area contributed by atoms with Crippen LogP contribution in [0, 0.1) is 6.92 Å². The molecule has 0 saturated heterocycles. The summed E-state index contributed by atoms with van der Waals surface area (Å²) in [6.07, 6.45) is 1.80. The summed E-state index contributed by atoms with van der Waals surface area (Å²) in [6.45, 7) is 1.95. The average Bonchev–Trinajstić information content (AvgIpc) is 3.11. The molecule has 0 radical (unpaired) electrons. The van der Waals surface area contributed by atoms with Crippen molar-refractivity contribution < 1.29 is 4.79 Å². The molecule has 0 spiro atoms. The highest BCUT2D eigenvalue weighted by Crippen LogP contribution is 2.23. The summed E-state index contributed by atoms with van der Waals surface area (Å²) < 4.78 is 7.26. The second-order valence-electron chi connectivity index (χ2n) is 5.45. The van der Waals surface area contributed by atoms with Crippen LogP contribution in [0.15, 0.2) is 42.6 Å². The SMILES string of the molecule is Cc1nc2cc(C(=O)Nc3ccc4sncc4c3)ccc2n1C. The van der Waals surface area contributed by atoms with Crippen molar-refractivity contribution >= 4 is 44.2 Å². The number of carbonyl (C=O) groups is 1. The third-order valence-electron chi connectivity index (χ3n) is 3.98. The predicted molar refractivity (Wildman–Crippen MR) is 93.0 cm³/mol. The van der Waals surface area contributed by atoms with Crippen LogP contribution in [0.4, 0.5) is 5.69 Å². The Balaban J connectivity index is 1.65. The van der Waals surface area contributed by atoms with Gasteiger partial charge in [-0.25, -0.2) is 4.98 Å². The number of amides is 1. The molecule has 1 N–H and O–H groups in total. The van der Waals surface area contributed by atoms with E-state index in [1.165, 1.54) is 11.5 Å². The Morgan fingerprint density at radius 2 is 2.09 bits per heavy atom. The maximum Gasteiger partial charge on any atom is 0.255 e. The number of anilines is 1. The van der Waals surface area contributed by atoms with Crippen LogP contribution in [0.2, 0.25) is 0 Å². The van der Waals surface area contributed by atoms with E-state index in [1.807, 2.05) is 54.9 Å². The Morgan fingerprint density at radius 3 is 2.96 bits per heavy atom. The molecule has 4 rings (SSSR count). The van der Waals surface area contributed by atoms with E-state index in [4.69, 9.17) is 0 Å². The molecule has 114 valence electrons. The molecule has 2 aromatic heterocycles. The quantitative estimate of drug-likeness (QED) is 0.611. The van der Waals surface area contributed by atoms with Gasteiger partial charge in [-0.3, -0.25) is 4.79 Å². The molecule has 4 aromatic rings. The molecule has 23 heavy (non-hydrogen) atoms. The number of nitrogens with one attached hydrogen (secondary N) is 1. The third-order valence-corrected chi connectivity index (χ3v) is 4.76. The smallest absolute Gasteiger partial charge is 0.255 e. The summed E-state index contributed by atoms with van der Waals surface area (Å²) >= 11 is 1.44. The van der Waals surface area contributed by atoms with Crippen LogP contribution >= 0.6 is 11.5 Å². The van der Waals surface area contributed by atoms with E-state index in [1.54, 1.807) is 6.20 Å². The van der Waals surface area contributed by atoms with Crippen LogP contribution in [0.25, 0.3) is 21.1 Å². The fourth-order valence-corrected chi connectivity index (χ4v) is 3.24. The summed E-state index contributed by atoms with van der Waals surface area (Å²) in [5.41, 5.74) is 3.21.